The smallest absolute Gasteiger partial charge is 0.354 e. The fraction of sp³-hybridized carbons (Fsp3) is 0.312. The second-order valence-electron chi connectivity index (χ2n) is 5.14. The lowest BCUT2D eigenvalue weighted by molar-refractivity contribution is 0.0594. The second kappa shape index (κ2) is 6.35. The molecule has 1 aromatic carbocycles. The lowest BCUT2D eigenvalue weighted by Gasteiger charge is -2.15. The predicted molar refractivity (Wildman–Crippen MR) is 85.0 cm³/mol. The number of aryl methyl sites for hydroxylation is 1. The van der Waals surface area contributed by atoms with Crippen molar-refractivity contribution in [1.29, 1.82) is 0 Å². The lowest BCUT2D eigenvalue weighted by atomic mass is 10.1. The Bertz CT molecular complexity index is 632. The molecule has 2 N–H and O–H groups in total. The van der Waals surface area contributed by atoms with Crippen LogP contribution in [0.25, 0.3) is 0 Å². The van der Waals surface area contributed by atoms with Crippen LogP contribution < -0.4 is 10.2 Å². The van der Waals surface area contributed by atoms with Gasteiger partial charge in [0.25, 0.3) is 0 Å². The van der Waals surface area contributed by atoms with Gasteiger partial charge in [0.15, 0.2) is 0 Å². The Kier molecular flexibility index (Phi) is 4.52. The van der Waals surface area contributed by atoms with E-state index in [0.29, 0.717) is 12.2 Å². The van der Waals surface area contributed by atoms with Crippen molar-refractivity contribution in [2.75, 3.05) is 31.4 Å². The van der Waals surface area contributed by atoms with Gasteiger partial charge in [0.2, 0.25) is 0 Å². The van der Waals surface area contributed by atoms with Gasteiger partial charge in [-0.2, -0.15) is 0 Å². The zero-order valence-corrected chi connectivity index (χ0v) is 12.9. The summed E-state index contributed by atoms with van der Waals surface area (Å²) in [6.45, 7) is 2.70. The summed E-state index contributed by atoms with van der Waals surface area (Å²) in [4.78, 5) is 16.5. The molecule has 2 rings (SSSR count). The highest BCUT2D eigenvalue weighted by atomic mass is 16.5. The maximum absolute atomic E-state index is 11.4. The SMILES string of the molecule is COC(=O)c1ccc(CNc2ccc(N(C)C)cc2C)[nH]1. The van der Waals surface area contributed by atoms with Crippen LogP contribution in [-0.2, 0) is 11.3 Å². The van der Waals surface area contributed by atoms with E-state index >= 15 is 0 Å². The molecule has 112 valence electrons. The van der Waals surface area contributed by atoms with Crippen molar-refractivity contribution < 1.29 is 9.53 Å². The number of H-pyrrole nitrogens is 1. The summed E-state index contributed by atoms with van der Waals surface area (Å²) in [7, 11) is 5.42. The number of nitrogens with zero attached hydrogens (tertiary/aromatic N) is 1. The lowest BCUT2D eigenvalue weighted by Crippen LogP contribution is -2.09. The molecule has 0 unspecified atom stereocenters. The molecule has 5 heteroatoms. The third kappa shape index (κ3) is 3.56. The van der Waals surface area contributed by atoms with Crippen molar-refractivity contribution in [2.45, 2.75) is 13.5 Å². The van der Waals surface area contributed by atoms with Crippen LogP contribution in [0.4, 0.5) is 11.4 Å². The molecule has 0 spiro atoms. The molecule has 0 aliphatic heterocycles. The van der Waals surface area contributed by atoms with Crippen LogP contribution in [0.2, 0.25) is 0 Å². The van der Waals surface area contributed by atoms with Gasteiger partial charge < -0.3 is 19.9 Å². The fourth-order valence-corrected chi connectivity index (χ4v) is 2.09. The minimum atomic E-state index is -0.354. The fourth-order valence-electron chi connectivity index (χ4n) is 2.09. The Morgan fingerprint density at radius 1 is 1.29 bits per heavy atom. The van der Waals surface area contributed by atoms with Crippen LogP contribution in [0, 0.1) is 6.92 Å². The maximum Gasteiger partial charge on any atom is 0.354 e. The Morgan fingerprint density at radius 3 is 2.67 bits per heavy atom. The van der Waals surface area contributed by atoms with E-state index in [0.717, 1.165) is 11.4 Å². The summed E-state index contributed by atoms with van der Waals surface area (Å²) in [5.74, 6) is -0.354. The largest absolute Gasteiger partial charge is 0.464 e. The summed E-state index contributed by atoms with van der Waals surface area (Å²) >= 11 is 0. The molecule has 0 radical (unpaired) electrons. The van der Waals surface area contributed by atoms with Gasteiger partial charge in [-0.3, -0.25) is 0 Å². The molecule has 0 bridgehead atoms. The van der Waals surface area contributed by atoms with Crippen molar-refractivity contribution in [1.82, 2.24) is 4.98 Å². The molecular formula is C16H21N3O2. The van der Waals surface area contributed by atoms with Crippen LogP contribution in [0.15, 0.2) is 30.3 Å². The Morgan fingerprint density at radius 2 is 2.05 bits per heavy atom. The molecule has 2 aromatic rings. The van der Waals surface area contributed by atoms with Crippen LogP contribution in [-0.4, -0.2) is 32.2 Å². The first-order valence-corrected chi connectivity index (χ1v) is 6.79. The van der Waals surface area contributed by atoms with Gasteiger partial charge in [0.05, 0.1) is 13.7 Å². The maximum atomic E-state index is 11.4. The summed E-state index contributed by atoms with van der Waals surface area (Å²) in [6.07, 6.45) is 0. The average molecular weight is 287 g/mol. The van der Waals surface area contributed by atoms with Crippen LogP contribution >= 0.6 is 0 Å². The summed E-state index contributed by atoms with van der Waals surface area (Å²) in [5, 5.41) is 3.36. The van der Waals surface area contributed by atoms with Crippen LogP contribution in [0.1, 0.15) is 21.7 Å². The number of benzene rings is 1. The predicted octanol–water partition coefficient (Wildman–Crippen LogP) is 2.79. The number of ether oxygens (including phenoxy) is 1. The van der Waals surface area contributed by atoms with Gasteiger partial charge in [-0.25, -0.2) is 4.79 Å². The zero-order valence-electron chi connectivity index (χ0n) is 12.9. The molecule has 0 saturated heterocycles. The first-order chi connectivity index (χ1) is 10.0. The van der Waals surface area contributed by atoms with Gasteiger partial charge >= 0.3 is 5.97 Å². The number of anilines is 2. The number of hydrogen-bond acceptors (Lipinski definition) is 4. The highest BCUT2D eigenvalue weighted by molar-refractivity contribution is 5.87. The number of methoxy groups -OCH3 is 1. The van der Waals surface area contributed by atoms with E-state index < -0.39 is 0 Å². The van der Waals surface area contributed by atoms with E-state index in [1.54, 1.807) is 6.07 Å². The second-order valence-corrected chi connectivity index (χ2v) is 5.14. The molecule has 0 aliphatic rings. The number of rotatable bonds is 5. The number of hydrogen-bond donors (Lipinski definition) is 2. The first kappa shape index (κ1) is 15.0. The van der Waals surface area contributed by atoms with Crippen molar-refractivity contribution in [2.24, 2.45) is 0 Å². The number of esters is 1. The third-order valence-corrected chi connectivity index (χ3v) is 3.35. The first-order valence-electron chi connectivity index (χ1n) is 6.79. The highest BCUT2D eigenvalue weighted by Gasteiger charge is 2.08. The van der Waals surface area contributed by atoms with Crippen molar-refractivity contribution in [3.8, 4) is 0 Å². The van der Waals surface area contributed by atoms with Crippen molar-refractivity contribution in [3.05, 3.63) is 47.3 Å². The van der Waals surface area contributed by atoms with Gasteiger partial charge in [-0.05, 0) is 42.8 Å². The van der Waals surface area contributed by atoms with E-state index in [-0.39, 0.29) is 5.97 Å². The van der Waals surface area contributed by atoms with E-state index in [9.17, 15) is 4.79 Å². The van der Waals surface area contributed by atoms with Gasteiger partial charge in [0.1, 0.15) is 5.69 Å². The Labute approximate surface area is 124 Å². The van der Waals surface area contributed by atoms with Crippen molar-refractivity contribution >= 4 is 17.3 Å². The zero-order chi connectivity index (χ0) is 15.4. The number of nitrogens with one attached hydrogen (secondary N) is 2. The number of aromatic nitrogens is 1. The normalized spacial score (nSPS) is 10.3. The van der Waals surface area contributed by atoms with Gasteiger partial charge in [0, 0.05) is 31.2 Å². The third-order valence-electron chi connectivity index (χ3n) is 3.35. The van der Waals surface area contributed by atoms with Crippen LogP contribution in [0.5, 0.6) is 0 Å². The highest BCUT2D eigenvalue weighted by Crippen LogP contribution is 2.21. The molecule has 0 amide bonds. The Hall–Kier alpha value is -2.43. The molecule has 5 nitrogen and oxygen atoms in total. The quantitative estimate of drug-likeness (QED) is 0.830. The molecule has 0 saturated carbocycles. The molecule has 0 aliphatic carbocycles. The topological polar surface area (TPSA) is 57.4 Å². The Balaban J connectivity index is 2.03. The molecule has 21 heavy (non-hydrogen) atoms. The summed E-state index contributed by atoms with van der Waals surface area (Å²) in [6, 6.07) is 9.88. The van der Waals surface area contributed by atoms with Crippen molar-refractivity contribution in [3.63, 3.8) is 0 Å². The number of carbonyl (C=O) groups excluding carboxylic acids is 1. The molecular weight excluding hydrogens is 266 g/mol. The molecule has 1 heterocycles. The van der Waals surface area contributed by atoms with Gasteiger partial charge in [-0.15, -0.1) is 0 Å². The standard InChI is InChI=1S/C16H21N3O2/c1-11-9-13(19(2)3)6-8-14(11)17-10-12-5-7-15(18-12)16(20)21-4/h5-9,17-18H,10H2,1-4H3. The van der Waals surface area contributed by atoms with E-state index in [1.165, 1.54) is 18.4 Å². The average Bonchev–Trinajstić information content (AvgIpc) is 2.93. The molecule has 0 fully saturated rings. The van der Waals surface area contributed by atoms with E-state index in [2.05, 4.69) is 45.1 Å². The summed E-state index contributed by atoms with van der Waals surface area (Å²) < 4.78 is 4.67. The minimum absolute atomic E-state index is 0.354. The molecule has 1 aromatic heterocycles. The monoisotopic (exact) mass is 287 g/mol. The summed E-state index contributed by atoms with van der Waals surface area (Å²) in [5.41, 5.74) is 4.84. The number of aromatic amines is 1. The van der Waals surface area contributed by atoms with E-state index in [4.69, 9.17) is 0 Å². The van der Waals surface area contributed by atoms with Gasteiger partial charge in [-0.1, -0.05) is 0 Å². The minimum Gasteiger partial charge on any atom is -0.464 e. The number of carbonyl (C=O) groups is 1. The van der Waals surface area contributed by atoms with Crippen LogP contribution in [0.3, 0.4) is 0 Å². The van der Waals surface area contributed by atoms with E-state index in [1.807, 2.05) is 20.2 Å². The molecule has 0 atom stereocenters.